The molecule has 0 unspecified atom stereocenters. The van der Waals surface area contributed by atoms with E-state index in [0.717, 1.165) is 5.56 Å². The normalized spacial score (nSPS) is 10.0. The lowest BCUT2D eigenvalue weighted by molar-refractivity contribution is -0.385. The Morgan fingerprint density at radius 3 is 2.29 bits per heavy atom. The molecule has 1 N–H and O–H groups in total. The molecule has 4 heteroatoms. The van der Waals surface area contributed by atoms with Gasteiger partial charge in [0, 0.05) is 23.3 Å². The average Bonchev–Trinajstić information content (AvgIpc) is 2.89. The molecular formula is C17H18N2O2. The molecule has 0 radical (unpaired) electrons. The van der Waals surface area contributed by atoms with Crippen molar-refractivity contribution in [3.8, 4) is 0 Å². The molecule has 21 heavy (non-hydrogen) atoms. The van der Waals surface area contributed by atoms with Crippen LogP contribution in [-0.2, 0) is 0 Å². The number of H-pyrrole nitrogens is 1. The van der Waals surface area contributed by atoms with Gasteiger partial charge in [-0.1, -0.05) is 24.3 Å². The summed E-state index contributed by atoms with van der Waals surface area (Å²) >= 11 is 0. The molecule has 0 aliphatic rings. The first-order chi connectivity index (χ1) is 9.97. The number of fused-ring (bicyclic) bond motifs is 1. The Balaban J connectivity index is 0.000000154. The lowest BCUT2D eigenvalue weighted by Crippen LogP contribution is -1.91. The highest BCUT2D eigenvalue weighted by Crippen LogP contribution is 2.18. The van der Waals surface area contributed by atoms with Crippen LogP contribution in [0.4, 0.5) is 5.69 Å². The van der Waals surface area contributed by atoms with Crippen LogP contribution in [0.15, 0.2) is 48.7 Å². The third-order valence-corrected chi connectivity index (χ3v) is 3.27. The topological polar surface area (TPSA) is 58.9 Å². The van der Waals surface area contributed by atoms with Gasteiger partial charge in [-0.15, -0.1) is 0 Å². The van der Waals surface area contributed by atoms with E-state index in [2.05, 4.69) is 36.2 Å². The highest BCUT2D eigenvalue weighted by atomic mass is 16.6. The van der Waals surface area contributed by atoms with Crippen molar-refractivity contribution in [2.45, 2.75) is 20.8 Å². The lowest BCUT2D eigenvalue weighted by Gasteiger charge is -1.96. The molecule has 4 nitrogen and oxygen atoms in total. The third kappa shape index (κ3) is 3.69. The SMILES string of the molecule is Cc1ccc(C)c([N+](=O)[O-])c1.Cc1ccc2cc[nH]c2c1. The molecule has 0 aliphatic heterocycles. The molecule has 0 aliphatic carbocycles. The number of nitrogens with one attached hydrogen (secondary N) is 1. The minimum absolute atomic E-state index is 0.199. The van der Waals surface area contributed by atoms with Crippen LogP contribution in [0.25, 0.3) is 10.9 Å². The van der Waals surface area contributed by atoms with Gasteiger partial charge in [-0.25, -0.2) is 0 Å². The standard InChI is InChI=1S/C9H9N.C8H9NO2/c1-7-2-3-8-4-5-10-9(8)6-7;1-6-3-4-7(2)8(5-6)9(10)11/h2-6,10H,1H3;3-5H,1-2H3. The number of hydrogen-bond acceptors (Lipinski definition) is 2. The van der Waals surface area contributed by atoms with Crippen LogP contribution in [-0.4, -0.2) is 9.91 Å². The molecule has 0 fully saturated rings. The van der Waals surface area contributed by atoms with Gasteiger partial charge in [0.05, 0.1) is 4.92 Å². The van der Waals surface area contributed by atoms with Crippen molar-refractivity contribution in [2.24, 2.45) is 0 Å². The first-order valence-electron chi connectivity index (χ1n) is 6.73. The minimum atomic E-state index is -0.359. The van der Waals surface area contributed by atoms with Gasteiger partial charge in [0.2, 0.25) is 0 Å². The fraction of sp³-hybridized carbons (Fsp3) is 0.176. The van der Waals surface area contributed by atoms with Crippen molar-refractivity contribution in [2.75, 3.05) is 0 Å². The summed E-state index contributed by atoms with van der Waals surface area (Å²) in [6.07, 6.45) is 1.96. The van der Waals surface area contributed by atoms with Crippen LogP contribution in [0, 0.1) is 30.9 Å². The van der Waals surface area contributed by atoms with E-state index in [1.54, 1.807) is 19.1 Å². The molecule has 3 aromatic rings. The van der Waals surface area contributed by atoms with Crippen molar-refractivity contribution < 1.29 is 4.92 Å². The summed E-state index contributed by atoms with van der Waals surface area (Å²) in [6, 6.07) is 13.7. The Kier molecular flexibility index (Phi) is 4.38. The second kappa shape index (κ2) is 6.22. The van der Waals surface area contributed by atoms with Crippen LogP contribution < -0.4 is 0 Å². The fourth-order valence-electron chi connectivity index (χ4n) is 2.08. The van der Waals surface area contributed by atoms with E-state index in [1.165, 1.54) is 16.5 Å². The highest BCUT2D eigenvalue weighted by molar-refractivity contribution is 5.79. The van der Waals surface area contributed by atoms with Crippen molar-refractivity contribution in [1.29, 1.82) is 0 Å². The summed E-state index contributed by atoms with van der Waals surface area (Å²) in [4.78, 5) is 13.2. The summed E-state index contributed by atoms with van der Waals surface area (Å²) in [5.41, 5.74) is 4.35. The molecule has 0 saturated heterocycles. The van der Waals surface area contributed by atoms with Gasteiger partial charge >= 0.3 is 0 Å². The maximum absolute atomic E-state index is 10.4. The maximum Gasteiger partial charge on any atom is 0.272 e. The molecular weight excluding hydrogens is 264 g/mol. The van der Waals surface area contributed by atoms with Gasteiger partial charge in [0.1, 0.15) is 0 Å². The molecule has 3 rings (SSSR count). The molecule has 108 valence electrons. The minimum Gasteiger partial charge on any atom is -0.361 e. The maximum atomic E-state index is 10.4. The van der Waals surface area contributed by atoms with Crippen molar-refractivity contribution >= 4 is 16.6 Å². The summed E-state index contributed by atoms with van der Waals surface area (Å²) in [5.74, 6) is 0. The highest BCUT2D eigenvalue weighted by Gasteiger charge is 2.08. The molecule has 0 spiro atoms. The molecule has 0 bridgehead atoms. The Bertz CT molecular complexity index is 775. The Hall–Kier alpha value is -2.62. The second-order valence-corrected chi connectivity index (χ2v) is 5.12. The van der Waals surface area contributed by atoms with Gasteiger partial charge in [0.15, 0.2) is 0 Å². The number of aryl methyl sites for hydroxylation is 3. The quantitative estimate of drug-likeness (QED) is 0.520. The first-order valence-corrected chi connectivity index (χ1v) is 6.73. The smallest absolute Gasteiger partial charge is 0.272 e. The van der Waals surface area contributed by atoms with E-state index in [-0.39, 0.29) is 10.6 Å². The van der Waals surface area contributed by atoms with E-state index in [0.29, 0.717) is 5.56 Å². The van der Waals surface area contributed by atoms with Crippen LogP contribution in [0.5, 0.6) is 0 Å². The van der Waals surface area contributed by atoms with Crippen LogP contribution >= 0.6 is 0 Å². The predicted octanol–water partition coefficient (Wildman–Crippen LogP) is 4.69. The largest absolute Gasteiger partial charge is 0.361 e. The van der Waals surface area contributed by atoms with Gasteiger partial charge in [-0.05, 0) is 49.4 Å². The summed E-state index contributed by atoms with van der Waals surface area (Å²) < 4.78 is 0. The van der Waals surface area contributed by atoms with E-state index in [9.17, 15) is 10.1 Å². The average molecular weight is 282 g/mol. The molecule has 0 amide bonds. The number of nitro groups is 1. The number of benzene rings is 2. The molecule has 1 heterocycles. The van der Waals surface area contributed by atoms with E-state index in [4.69, 9.17) is 0 Å². The predicted molar refractivity (Wildman–Crippen MR) is 85.6 cm³/mol. The number of rotatable bonds is 1. The van der Waals surface area contributed by atoms with Gasteiger partial charge in [-0.3, -0.25) is 10.1 Å². The zero-order valence-electron chi connectivity index (χ0n) is 12.4. The van der Waals surface area contributed by atoms with E-state index >= 15 is 0 Å². The van der Waals surface area contributed by atoms with Gasteiger partial charge in [0.25, 0.3) is 5.69 Å². The monoisotopic (exact) mass is 282 g/mol. The summed E-state index contributed by atoms with van der Waals surface area (Å²) in [6.45, 7) is 5.67. The summed E-state index contributed by atoms with van der Waals surface area (Å²) in [5, 5.41) is 11.7. The Morgan fingerprint density at radius 1 is 0.952 bits per heavy atom. The molecule has 1 aromatic heterocycles. The third-order valence-electron chi connectivity index (χ3n) is 3.27. The zero-order valence-corrected chi connectivity index (χ0v) is 12.4. The number of nitro benzene ring substituents is 1. The van der Waals surface area contributed by atoms with Crippen molar-refractivity contribution in [3.63, 3.8) is 0 Å². The van der Waals surface area contributed by atoms with Gasteiger partial charge in [-0.2, -0.15) is 0 Å². The van der Waals surface area contributed by atoms with Crippen molar-refractivity contribution in [1.82, 2.24) is 4.98 Å². The second-order valence-electron chi connectivity index (χ2n) is 5.12. The zero-order chi connectivity index (χ0) is 15.4. The van der Waals surface area contributed by atoms with E-state index in [1.807, 2.05) is 19.2 Å². The number of hydrogen-bond donors (Lipinski definition) is 1. The number of aromatic nitrogens is 1. The van der Waals surface area contributed by atoms with E-state index < -0.39 is 0 Å². The van der Waals surface area contributed by atoms with Crippen LogP contribution in [0.3, 0.4) is 0 Å². The Labute approximate surface area is 123 Å². The van der Waals surface area contributed by atoms with Crippen LogP contribution in [0.1, 0.15) is 16.7 Å². The van der Waals surface area contributed by atoms with Crippen LogP contribution in [0.2, 0.25) is 0 Å². The fourth-order valence-corrected chi connectivity index (χ4v) is 2.08. The molecule has 0 atom stereocenters. The molecule has 0 saturated carbocycles. The summed E-state index contributed by atoms with van der Waals surface area (Å²) in [7, 11) is 0. The lowest BCUT2D eigenvalue weighted by atomic mass is 10.1. The number of nitrogens with zero attached hydrogens (tertiary/aromatic N) is 1. The van der Waals surface area contributed by atoms with Crippen molar-refractivity contribution in [3.05, 3.63) is 75.5 Å². The van der Waals surface area contributed by atoms with Gasteiger partial charge < -0.3 is 4.98 Å². The number of aromatic amines is 1. The Morgan fingerprint density at radius 2 is 1.62 bits per heavy atom. The molecule has 2 aromatic carbocycles. The first kappa shape index (κ1) is 14.8.